The van der Waals surface area contributed by atoms with E-state index in [1.807, 2.05) is 36.4 Å². The second-order valence-corrected chi connectivity index (χ2v) is 4.99. The Morgan fingerprint density at radius 1 is 0.850 bits per heavy atom. The Morgan fingerprint density at radius 2 is 1.40 bits per heavy atom. The Morgan fingerprint density at radius 3 is 1.90 bits per heavy atom. The van der Waals surface area contributed by atoms with Gasteiger partial charge in [-0.05, 0) is 11.1 Å². The third kappa shape index (κ3) is 4.67. The molecule has 0 atom stereocenters. The molecule has 2 rings (SSSR count). The molecule has 0 aromatic heterocycles. The second kappa shape index (κ2) is 8.80. The molecule has 20 heavy (non-hydrogen) atoms. The lowest BCUT2D eigenvalue weighted by Gasteiger charge is -2.19. The molecule has 2 aromatic carbocycles. The lowest BCUT2D eigenvalue weighted by Crippen LogP contribution is -2.23. The van der Waals surface area contributed by atoms with E-state index in [9.17, 15) is 0 Å². The number of hydrogen-bond acceptors (Lipinski definition) is 3. The first kappa shape index (κ1) is 15.1. The van der Waals surface area contributed by atoms with Crippen molar-refractivity contribution < 1.29 is 4.74 Å². The summed E-state index contributed by atoms with van der Waals surface area (Å²) in [6.07, 6.45) is -0.00444. The number of thiol groups is 1. The molecule has 2 nitrogen and oxygen atoms in total. The lowest BCUT2D eigenvalue weighted by molar-refractivity contribution is 0.0824. The summed E-state index contributed by atoms with van der Waals surface area (Å²) in [5, 5.41) is 3.29. The lowest BCUT2D eigenvalue weighted by atomic mass is 10.0. The Labute approximate surface area is 126 Å². The summed E-state index contributed by atoms with van der Waals surface area (Å²) >= 11 is 4.17. The fraction of sp³-hybridized carbons (Fsp3) is 0.294. The third-order valence-corrected chi connectivity index (χ3v) is 3.28. The highest BCUT2D eigenvalue weighted by Gasteiger charge is 2.13. The van der Waals surface area contributed by atoms with Gasteiger partial charge in [0.2, 0.25) is 0 Å². The van der Waals surface area contributed by atoms with Crippen LogP contribution in [0.3, 0.4) is 0 Å². The minimum absolute atomic E-state index is 0.00444. The Hall–Kier alpha value is -1.29. The number of nitrogens with one attached hydrogen (secondary N) is 1. The maximum atomic E-state index is 6.07. The molecule has 0 aliphatic rings. The molecule has 0 radical (unpaired) electrons. The summed E-state index contributed by atoms with van der Waals surface area (Å²) in [5.74, 6) is 0.848. The van der Waals surface area contributed by atoms with Gasteiger partial charge in [0.1, 0.15) is 6.10 Å². The number of ether oxygens (including phenoxy) is 1. The van der Waals surface area contributed by atoms with E-state index in [1.54, 1.807) is 0 Å². The van der Waals surface area contributed by atoms with Crippen LogP contribution >= 0.6 is 12.6 Å². The summed E-state index contributed by atoms with van der Waals surface area (Å²) in [5.41, 5.74) is 2.38. The van der Waals surface area contributed by atoms with Crippen molar-refractivity contribution in [2.24, 2.45) is 0 Å². The monoisotopic (exact) mass is 287 g/mol. The molecule has 0 amide bonds. The van der Waals surface area contributed by atoms with Crippen molar-refractivity contribution in [2.45, 2.75) is 6.10 Å². The zero-order chi connectivity index (χ0) is 14.0. The van der Waals surface area contributed by atoms with Crippen LogP contribution in [0.2, 0.25) is 0 Å². The van der Waals surface area contributed by atoms with Gasteiger partial charge in [0, 0.05) is 18.8 Å². The van der Waals surface area contributed by atoms with E-state index in [2.05, 4.69) is 42.2 Å². The van der Waals surface area contributed by atoms with Crippen LogP contribution in [0.4, 0.5) is 0 Å². The molecule has 0 heterocycles. The molecule has 3 heteroatoms. The largest absolute Gasteiger partial charge is 0.367 e. The van der Waals surface area contributed by atoms with Gasteiger partial charge in [0.05, 0.1) is 6.61 Å². The van der Waals surface area contributed by atoms with Gasteiger partial charge in [-0.2, -0.15) is 12.6 Å². The topological polar surface area (TPSA) is 21.3 Å². The molecule has 0 unspecified atom stereocenters. The maximum absolute atomic E-state index is 6.07. The van der Waals surface area contributed by atoms with Crippen LogP contribution in [0.15, 0.2) is 60.7 Å². The Balaban J connectivity index is 2.02. The van der Waals surface area contributed by atoms with Gasteiger partial charge >= 0.3 is 0 Å². The molecule has 106 valence electrons. The van der Waals surface area contributed by atoms with Gasteiger partial charge in [-0.25, -0.2) is 0 Å². The fourth-order valence-electron chi connectivity index (χ4n) is 2.09. The van der Waals surface area contributed by atoms with Crippen molar-refractivity contribution in [3.05, 3.63) is 71.8 Å². The Kier molecular flexibility index (Phi) is 6.64. The average Bonchev–Trinajstić information content (AvgIpc) is 2.53. The highest BCUT2D eigenvalue weighted by atomic mass is 32.1. The van der Waals surface area contributed by atoms with E-state index in [1.165, 1.54) is 11.1 Å². The van der Waals surface area contributed by atoms with Crippen LogP contribution < -0.4 is 5.32 Å². The van der Waals surface area contributed by atoms with E-state index >= 15 is 0 Å². The smallest absolute Gasteiger partial charge is 0.108 e. The highest BCUT2D eigenvalue weighted by Crippen LogP contribution is 2.25. The molecular formula is C17H21NOS. The Bertz CT molecular complexity index is 435. The van der Waals surface area contributed by atoms with E-state index in [4.69, 9.17) is 4.74 Å². The van der Waals surface area contributed by atoms with Crippen LogP contribution in [0.5, 0.6) is 0 Å². The van der Waals surface area contributed by atoms with Crippen molar-refractivity contribution in [1.29, 1.82) is 0 Å². The highest BCUT2D eigenvalue weighted by molar-refractivity contribution is 7.80. The van der Waals surface area contributed by atoms with Crippen molar-refractivity contribution >= 4 is 12.6 Å². The van der Waals surface area contributed by atoms with E-state index in [0.29, 0.717) is 6.61 Å². The third-order valence-electron chi connectivity index (χ3n) is 3.06. The molecule has 0 spiro atoms. The van der Waals surface area contributed by atoms with E-state index < -0.39 is 0 Å². The predicted octanol–water partition coefficient (Wildman–Crippen LogP) is 3.31. The zero-order valence-electron chi connectivity index (χ0n) is 11.5. The molecule has 0 saturated heterocycles. The minimum Gasteiger partial charge on any atom is -0.367 e. The average molecular weight is 287 g/mol. The molecule has 1 N–H and O–H groups in total. The van der Waals surface area contributed by atoms with Crippen LogP contribution in [0, 0.1) is 0 Å². The summed E-state index contributed by atoms with van der Waals surface area (Å²) in [6.45, 7) is 2.44. The van der Waals surface area contributed by atoms with Crippen molar-refractivity contribution in [3.63, 3.8) is 0 Å². The quantitative estimate of drug-likeness (QED) is 0.574. The number of hydrogen-bond donors (Lipinski definition) is 2. The maximum Gasteiger partial charge on any atom is 0.108 e. The van der Waals surface area contributed by atoms with Gasteiger partial charge in [-0.3, -0.25) is 0 Å². The predicted molar refractivity (Wildman–Crippen MR) is 87.4 cm³/mol. The first-order valence-electron chi connectivity index (χ1n) is 6.95. The van der Waals surface area contributed by atoms with Gasteiger partial charge in [0.15, 0.2) is 0 Å². The SMILES string of the molecule is SCCNCCOC(c1ccccc1)c1ccccc1. The normalized spacial score (nSPS) is 10.9. The van der Waals surface area contributed by atoms with E-state index in [0.717, 1.165) is 18.8 Å². The van der Waals surface area contributed by atoms with Crippen LogP contribution in [0.1, 0.15) is 17.2 Å². The summed E-state index contributed by atoms with van der Waals surface area (Å²) in [6, 6.07) is 20.7. The van der Waals surface area contributed by atoms with Crippen molar-refractivity contribution in [3.8, 4) is 0 Å². The fourth-order valence-corrected chi connectivity index (χ4v) is 2.25. The first-order chi connectivity index (χ1) is 9.92. The molecular weight excluding hydrogens is 266 g/mol. The molecule has 0 bridgehead atoms. The van der Waals surface area contributed by atoms with Gasteiger partial charge in [-0.1, -0.05) is 60.7 Å². The van der Waals surface area contributed by atoms with Crippen LogP contribution in [0.25, 0.3) is 0 Å². The number of benzene rings is 2. The van der Waals surface area contributed by atoms with Crippen molar-refractivity contribution in [2.75, 3.05) is 25.4 Å². The molecule has 0 saturated carbocycles. The molecule has 0 aliphatic carbocycles. The first-order valence-corrected chi connectivity index (χ1v) is 7.58. The van der Waals surface area contributed by atoms with Gasteiger partial charge in [-0.15, -0.1) is 0 Å². The zero-order valence-corrected chi connectivity index (χ0v) is 12.4. The van der Waals surface area contributed by atoms with Gasteiger partial charge in [0.25, 0.3) is 0 Å². The molecule has 2 aromatic rings. The number of rotatable bonds is 8. The molecule has 0 aliphatic heterocycles. The standard InChI is InChI=1S/C17H21NOS/c20-14-12-18-11-13-19-17(15-7-3-1-4-8-15)16-9-5-2-6-10-16/h1-10,17-18,20H,11-14H2. The van der Waals surface area contributed by atoms with Gasteiger partial charge < -0.3 is 10.1 Å². The van der Waals surface area contributed by atoms with E-state index in [-0.39, 0.29) is 6.10 Å². The van der Waals surface area contributed by atoms with Crippen LogP contribution in [-0.2, 0) is 4.74 Å². The van der Waals surface area contributed by atoms with Crippen molar-refractivity contribution in [1.82, 2.24) is 5.32 Å². The second-order valence-electron chi connectivity index (χ2n) is 4.55. The summed E-state index contributed by atoms with van der Waals surface area (Å²) < 4.78 is 6.07. The summed E-state index contributed by atoms with van der Waals surface area (Å²) in [4.78, 5) is 0. The minimum atomic E-state index is -0.00444. The molecule has 0 fully saturated rings. The van der Waals surface area contributed by atoms with Crippen LogP contribution in [-0.4, -0.2) is 25.4 Å². The summed E-state index contributed by atoms with van der Waals surface area (Å²) in [7, 11) is 0.